The molecule has 1 heterocycles. The van der Waals surface area contributed by atoms with E-state index in [0.29, 0.717) is 31.0 Å². The van der Waals surface area contributed by atoms with Crippen molar-refractivity contribution in [2.45, 2.75) is 56.3 Å². The van der Waals surface area contributed by atoms with Crippen molar-refractivity contribution in [2.75, 3.05) is 0 Å². The Morgan fingerprint density at radius 2 is 1.85 bits per heavy atom. The number of hydrogen-bond acceptors (Lipinski definition) is 4. The van der Waals surface area contributed by atoms with Gasteiger partial charge < -0.3 is 20.7 Å². The van der Waals surface area contributed by atoms with E-state index in [2.05, 4.69) is 20.6 Å². The number of aromatic amines is 1. The highest BCUT2D eigenvalue weighted by molar-refractivity contribution is 5.80. The van der Waals surface area contributed by atoms with Crippen molar-refractivity contribution in [2.24, 2.45) is 5.92 Å². The lowest BCUT2D eigenvalue weighted by atomic mass is 9.96. The second-order valence-corrected chi connectivity index (χ2v) is 9.14. The number of aliphatic hydroxyl groups is 1. The highest BCUT2D eigenvalue weighted by Crippen LogP contribution is 2.42. The molecule has 4 N–H and O–H groups in total. The van der Waals surface area contributed by atoms with E-state index < -0.39 is 12.0 Å². The molecule has 0 saturated heterocycles. The van der Waals surface area contributed by atoms with Gasteiger partial charge in [-0.25, -0.2) is 9.37 Å². The summed E-state index contributed by atoms with van der Waals surface area (Å²) in [6.45, 7) is 0.735. The van der Waals surface area contributed by atoms with Crippen molar-refractivity contribution in [3.05, 3.63) is 89.3 Å². The van der Waals surface area contributed by atoms with E-state index in [4.69, 9.17) is 0 Å². The van der Waals surface area contributed by atoms with Gasteiger partial charge in [-0.1, -0.05) is 48.5 Å². The summed E-state index contributed by atoms with van der Waals surface area (Å²) in [5, 5.41) is 17.6. The predicted molar refractivity (Wildman–Crippen MR) is 123 cm³/mol. The molecule has 2 aromatic carbocycles. The minimum atomic E-state index is -0.869. The number of nitrogens with zero attached hydrogens (tertiary/aromatic N) is 1. The van der Waals surface area contributed by atoms with Gasteiger partial charge >= 0.3 is 0 Å². The Hall–Kier alpha value is -3.03. The molecule has 1 aromatic heterocycles. The number of amides is 1. The maximum absolute atomic E-state index is 14.2. The molecule has 0 aliphatic heterocycles. The number of H-pyrrole nitrogens is 1. The first kappa shape index (κ1) is 21.8. The standard InChI is InChI=1S/C26H29FN4O2/c27-20-9-5-4-8-18(20)14-28-21-12-19(26(33)30-13-16-6-2-1-3-7-16)24(32)23(21)22-15-29-25(31-22)17-10-11-17/h1-9,15,17,19,21,23-24,28,32H,10-14H2,(H,29,31)(H,30,33)/t19-,21+,23+,24+/m0/s1. The average Bonchev–Trinajstić information content (AvgIpc) is 3.48. The number of benzene rings is 2. The van der Waals surface area contributed by atoms with E-state index in [0.717, 1.165) is 29.9 Å². The number of aliphatic hydroxyl groups excluding tert-OH is 1. The van der Waals surface area contributed by atoms with Crippen LogP contribution in [0.5, 0.6) is 0 Å². The third-order valence-electron chi connectivity index (χ3n) is 6.82. The van der Waals surface area contributed by atoms with Crippen LogP contribution in [-0.2, 0) is 17.9 Å². The van der Waals surface area contributed by atoms with Crippen molar-refractivity contribution in [3.63, 3.8) is 0 Å². The summed E-state index contributed by atoms with van der Waals surface area (Å²) in [6.07, 6.45) is 3.62. The van der Waals surface area contributed by atoms with Crippen molar-refractivity contribution in [3.8, 4) is 0 Å². The number of carbonyl (C=O) groups excluding carboxylic acids is 1. The highest BCUT2D eigenvalue weighted by Gasteiger charge is 2.47. The van der Waals surface area contributed by atoms with Gasteiger partial charge in [0.2, 0.25) is 5.91 Å². The first-order valence-corrected chi connectivity index (χ1v) is 11.6. The monoisotopic (exact) mass is 448 g/mol. The maximum Gasteiger partial charge on any atom is 0.226 e. The Morgan fingerprint density at radius 3 is 2.61 bits per heavy atom. The lowest BCUT2D eigenvalue weighted by molar-refractivity contribution is -0.127. The molecular formula is C26H29FN4O2. The molecule has 2 aliphatic carbocycles. The van der Waals surface area contributed by atoms with E-state index in [1.807, 2.05) is 30.3 Å². The van der Waals surface area contributed by atoms with Crippen LogP contribution in [0.4, 0.5) is 4.39 Å². The molecule has 6 nitrogen and oxygen atoms in total. The van der Waals surface area contributed by atoms with Gasteiger partial charge in [0, 0.05) is 48.4 Å². The Kier molecular flexibility index (Phi) is 6.24. The number of hydrogen-bond donors (Lipinski definition) is 4. The summed E-state index contributed by atoms with van der Waals surface area (Å²) >= 11 is 0. The average molecular weight is 449 g/mol. The fourth-order valence-corrected chi connectivity index (χ4v) is 4.81. The fourth-order valence-electron chi connectivity index (χ4n) is 4.81. The Bertz CT molecular complexity index is 1100. The van der Waals surface area contributed by atoms with Crippen molar-refractivity contribution < 1.29 is 14.3 Å². The summed E-state index contributed by atoms with van der Waals surface area (Å²) < 4.78 is 14.2. The maximum atomic E-state index is 14.2. The Labute approximate surface area is 192 Å². The van der Waals surface area contributed by atoms with Gasteiger partial charge in [0.1, 0.15) is 11.6 Å². The van der Waals surface area contributed by atoms with Gasteiger partial charge in [-0.3, -0.25) is 4.79 Å². The molecule has 5 rings (SSSR count). The molecule has 172 valence electrons. The Morgan fingerprint density at radius 1 is 1.09 bits per heavy atom. The number of nitrogens with one attached hydrogen (secondary N) is 3. The summed E-state index contributed by atoms with van der Waals surface area (Å²) in [7, 11) is 0. The molecule has 33 heavy (non-hydrogen) atoms. The summed E-state index contributed by atoms with van der Waals surface area (Å²) in [4.78, 5) is 20.9. The minimum Gasteiger partial charge on any atom is -0.392 e. The lowest BCUT2D eigenvalue weighted by Gasteiger charge is -2.22. The van der Waals surface area contributed by atoms with Crippen LogP contribution >= 0.6 is 0 Å². The smallest absolute Gasteiger partial charge is 0.226 e. The largest absolute Gasteiger partial charge is 0.392 e. The third kappa shape index (κ3) is 4.84. The molecule has 0 bridgehead atoms. The van der Waals surface area contributed by atoms with Gasteiger partial charge in [-0.2, -0.15) is 0 Å². The van der Waals surface area contributed by atoms with Crippen LogP contribution in [-0.4, -0.2) is 33.1 Å². The van der Waals surface area contributed by atoms with E-state index >= 15 is 0 Å². The zero-order valence-electron chi connectivity index (χ0n) is 18.4. The zero-order chi connectivity index (χ0) is 22.8. The highest BCUT2D eigenvalue weighted by atomic mass is 19.1. The number of carbonyl (C=O) groups is 1. The van der Waals surface area contributed by atoms with E-state index in [1.165, 1.54) is 6.07 Å². The van der Waals surface area contributed by atoms with Gasteiger partial charge in [-0.15, -0.1) is 0 Å². The van der Waals surface area contributed by atoms with Crippen LogP contribution in [0.15, 0.2) is 60.8 Å². The Balaban J connectivity index is 1.32. The predicted octanol–water partition coefficient (Wildman–Crippen LogP) is 3.37. The SMILES string of the molecule is O=C(NCc1ccccc1)[C@H]1C[C@@H](NCc2ccccc2F)[C@H](c2cnc(C3CC3)[nH]2)[C@@H]1O. The van der Waals surface area contributed by atoms with Gasteiger partial charge in [0.05, 0.1) is 12.0 Å². The molecule has 0 unspecified atom stereocenters. The number of rotatable bonds is 8. The van der Waals surface area contributed by atoms with Crippen LogP contribution < -0.4 is 10.6 Å². The van der Waals surface area contributed by atoms with Gasteiger partial charge in [0.15, 0.2) is 0 Å². The molecule has 4 atom stereocenters. The van der Waals surface area contributed by atoms with E-state index in [1.54, 1.807) is 24.4 Å². The van der Waals surface area contributed by atoms with Crippen LogP contribution in [0, 0.1) is 11.7 Å². The van der Waals surface area contributed by atoms with Crippen molar-refractivity contribution in [1.29, 1.82) is 0 Å². The molecular weight excluding hydrogens is 419 g/mol. The van der Waals surface area contributed by atoms with Gasteiger partial charge in [0.25, 0.3) is 0 Å². The fraction of sp³-hybridized carbons (Fsp3) is 0.385. The number of aromatic nitrogens is 2. The van der Waals surface area contributed by atoms with E-state index in [-0.39, 0.29) is 23.7 Å². The molecule has 2 aliphatic rings. The van der Waals surface area contributed by atoms with Crippen LogP contribution in [0.1, 0.15) is 53.7 Å². The molecule has 0 spiro atoms. The lowest BCUT2D eigenvalue weighted by Crippen LogP contribution is -2.36. The number of imidazole rings is 1. The second kappa shape index (κ2) is 9.45. The molecule has 2 saturated carbocycles. The van der Waals surface area contributed by atoms with Crippen molar-refractivity contribution in [1.82, 2.24) is 20.6 Å². The normalized spacial score (nSPS) is 24.7. The van der Waals surface area contributed by atoms with Crippen LogP contribution in [0.2, 0.25) is 0 Å². The summed E-state index contributed by atoms with van der Waals surface area (Å²) in [5.74, 6) is 0.0752. The zero-order valence-corrected chi connectivity index (χ0v) is 18.4. The quantitative estimate of drug-likeness (QED) is 0.425. The minimum absolute atomic E-state index is 0.173. The summed E-state index contributed by atoms with van der Waals surface area (Å²) in [6, 6.07) is 16.2. The number of halogens is 1. The second-order valence-electron chi connectivity index (χ2n) is 9.14. The van der Waals surface area contributed by atoms with Crippen LogP contribution in [0.25, 0.3) is 0 Å². The molecule has 3 aromatic rings. The summed E-state index contributed by atoms with van der Waals surface area (Å²) in [5.41, 5.74) is 2.39. The molecule has 0 radical (unpaired) electrons. The van der Waals surface area contributed by atoms with Gasteiger partial charge in [-0.05, 0) is 30.9 Å². The first-order chi connectivity index (χ1) is 16.1. The first-order valence-electron chi connectivity index (χ1n) is 11.6. The van der Waals surface area contributed by atoms with Crippen molar-refractivity contribution >= 4 is 5.91 Å². The molecule has 7 heteroatoms. The van der Waals surface area contributed by atoms with Crippen LogP contribution in [0.3, 0.4) is 0 Å². The third-order valence-corrected chi connectivity index (χ3v) is 6.82. The topological polar surface area (TPSA) is 90.0 Å². The molecule has 1 amide bonds. The molecule has 2 fully saturated rings. The van der Waals surface area contributed by atoms with E-state index in [9.17, 15) is 14.3 Å².